The number of aromatic nitrogens is 2. The number of aliphatic imine (C=N–C) groups is 1. The molecule has 2 aromatic carbocycles. The molecule has 0 amide bonds. The Hall–Kier alpha value is -3.17. The number of aryl methyl sites for hydroxylation is 1. The van der Waals surface area contributed by atoms with Gasteiger partial charge in [0.1, 0.15) is 23.3 Å². The average Bonchev–Trinajstić information content (AvgIpc) is 2.95. The Kier molecular flexibility index (Phi) is 4.78. The lowest BCUT2D eigenvalue weighted by Gasteiger charge is -2.04. The summed E-state index contributed by atoms with van der Waals surface area (Å²) < 4.78 is 13.1. The van der Waals surface area contributed by atoms with Gasteiger partial charge in [-0.2, -0.15) is 10.4 Å². The van der Waals surface area contributed by atoms with Crippen molar-refractivity contribution in [1.29, 1.82) is 5.26 Å². The molecule has 0 aliphatic carbocycles. The van der Waals surface area contributed by atoms with Crippen LogP contribution in [0.25, 0.3) is 0 Å². The molecule has 0 aliphatic heterocycles. The molecule has 1 heterocycles. The summed E-state index contributed by atoms with van der Waals surface area (Å²) in [5.41, 5.74) is 2.49. The van der Waals surface area contributed by atoms with Gasteiger partial charge in [-0.3, -0.25) is 5.10 Å². The SMILES string of the molecule is Cc1cc(F)ccc1C=Nc1n[nH]c(Nc2cccc(Cl)c2)c1C#N. The highest BCUT2D eigenvalue weighted by atomic mass is 35.5. The number of nitrogens with zero attached hydrogens (tertiary/aromatic N) is 3. The smallest absolute Gasteiger partial charge is 0.193 e. The molecule has 0 fully saturated rings. The first-order valence-electron chi connectivity index (χ1n) is 7.38. The first kappa shape index (κ1) is 16.7. The molecule has 3 rings (SSSR count). The molecule has 124 valence electrons. The van der Waals surface area contributed by atoms with Crippen molar-refractivity contribution in [3.63, 3.8) is 0 Å². The number of anilines is 2. The van der Waals surface area contributed by atoms with Crippen LogP contribution in [0.1, 0.15) is 16.7 Å². The van der Waals surface area contributed by atoms with Crippen LogP contribution in [-0.4, -0.2) is 16.4 Å². The Bertz CT molecular complexity index is 987. The predicted octanol–water partition coefficient (Wildman–Crippen LogP) is 4.88. The van der Waals surface area contributed by atoms with Crippen LogP contribution in [0.2, 0.25) is 5.02 Å². The third kappa shape index (κ3) is 3.84. The summed E-state index contributed by atoms with van der Waals surface area (Å²) in [6, 6.07) is 13.6. The van der Waals surface area contributed by atoms with Crippen LogP contribution in [0.3, 0.4) is 0 Å². The molecular weight excluding hydrogens is 341 g/mol. The molecule has 0 unspecified atom stereocenters. The molecule has 3 aromatic rings. The van der Waals surface area contributed by atoms with E-state index in [1.807, 2.05) is 6.07 Å². The number of rotatable bonds is 4. The quantitative estimate of drug-likeness (QED) is 0.656. The van der Waals surface area contributed by atoms with E-state index in [4.69, 9.17) is 11.6 Å². The Morgan fingerprint density at radius 1 is 1.32 bits per heavy atom. The van der Waals surface area contributed by atoms with Gasteiger partial charge in [-0.1, -0.05) is 23.7 Å². The van der Waals surface area contributed by atoms with Crippen molar-refractivity contribution in [3.8, 4) is 6.07 Å². The van der Waals surface area contributed by atoms with Gasteiger partial charge in [-0.25, -0.2) is 9.38 Å². The summed E-state index contributed by atoms with van der Waals surface area (Å²) in [4.78, 5) is 4.24. The zero-order chi connectivity index (χ0) is 17.8. The molecule has 7 heteroatoms. The lowest BCUT2D eigenvalue weighted by Crippen LogP contribution is -1.92. The molecule has 0 bridgehead atoms. The standard InChI is InChI=1S/C18H13ClFN5/c1-11-7-14(20)6-5-12(11)10-22-17-16(9-21)18(25-24-17)23-15-4-2-3-13(19)8-15/h2-8,10H,1H3,(H2,23,24,25). The van der Waals surface area contributed by atoms with E-state index in [-0.39, 0.29) is 17.2 Å². The van der Waals surface area contributed by atoms with Crippen LogP contribution in [0, 0.1) is 24.1 Å². The number of benzene rings is 2. The van der Waals surface area contributed by atoms with Crippen LogP contribution in [0.15, 0.2) is 47.5 Å². The Morgan fingerprint density at radius 3 is 2.88 bits per heavy atom. The molecule has 0 radical (unpaired) electrons. The summed E-state index contributed by atoms with van der Waals surface area (Å²) in [5.74, 6) is 0.364. The lowest BCUT2D eigenvalue weighted by molar-refractivity contribution is 0.626. The number of H-pyrrole nitrogens is 1. The second-order valence-corrected chi connectivity index (χ2v) is 5.74. The molecule has 25 heavy (non-hydrogen) atoms. The van der Waals surface area contributed by atoms with Gasteiger partial charge in [-0.05, 0) is 48.4 Å². The summed E-state index contributed by atoms with van der Waals surface area (Å²) in [6.45, 7) is 1.78. The second kappa shape index (κ2) is 7.16. The van der Waals surface area contributed by atoms with Crippen molar-refractivity contribution in [2.24, 2.45) is 4.99 Å². The monoisotopic (exact) mass is 353 g/mol. The molecule has 0 aliphatic rings. The first-order valence-corrected chi connectivity index (χ1v) is 7.76. The van der Waals surface area contributed by atoms with Crippen molar-refractivity contribution < 1.29 is 4.39 Å². The number of hydrogen-bond donors (Lipinski definition) is 2. The van der Waals surface area contributed by atoms with Crippen molar-refractivity contribution >= 4 is 35.1 Å². The highest BCUT2D eigenvalue weighted by Crippen LogP contribution is 2.26. The molecular formula is C18H13ClFN5. The van der Waals surface area contributed by atoms with E-state index >= 15 is 0 Å². The van der Waals surface area contributed by atoms with E-state index in [1.54, 1.807) is 37.4 Å². The van der Waals surface area contributed by atoms with E-state index in [9.17, 15) is 9.65 Å². The fraction of sp³-hybridized carbons (Fsp3) is 0.0556. The van der Waals surface area contributed by atoms with Crippen molar-refractivity contribution in [2.45, 2.75) is 6.92 Å². The Morgan fingerprint density at radius 2 is 2.16 bits per heavy atom. The highest BCUT2D eigenvalue weighted by molar-refractivity contribution is 6.30. The number of nitrogens with one attached hydrogen (secondary N) is 2. The number of hydrogen-bond acceptors (Lipinski definition) is 4. The molecule has 0 spiro atoms. The zero-order valence-electron chi connectivity index (χ0n) is 13.2. The van der Waals surface area contributed by atoms with E-state index < -0.39 is 0 Å². The second-order valence-electron chi connectivity index (χ2n) is 5.30. The minimum atomic E-state index is -0.305. The molecule has 0 atom stereocenters. The maximum atomic E-state index is 13.1. The molecule has 0 saturated carbocycles. The minimum absolute atomic E-state index is 0.246. The molecule has 2 N–H and O–H groups in total. The van der Waals surface area contributed by atoms with Crippen LogP contribution < -0.4 is 5.32 Å². The maximum Gasteiger partial charge on any atom is 0.193 e. The summed E-state index contributed by atoms with van der Waals surface area (Å²) in [5, 5.41) is 19.8. The number of aromatic amines is 1. The highest BCUT2D eigenvalue weighted by Gasteiger charge is 2.12. The Balaban J connectivity index is 1.87. The normalized spacial score (nSPS) is 10.8. The molecule has 5 nitrogen and oxygen atoms in total. The van der Waals surface area contributed by atoms with Crippen LogP contribution in [0.4, 0.5) is 21.7 Å². The Labute approximate surface area is 148 Å². The lowest BCUT2D eigenvalue weighted by atomic mass is 10.1. The van der Waals surface area contributed by atoms with Gasteiger partial charge < -0.3 is 5.32 Å². The van der Waals surface area contributed by atoms with Gasteiger partial charge in [0.2, 0.25) is 0 Å². The molecule has 1 aromatic heterocycles. The van der Waals surface area contributed by atoms with Gasteiger partial charge in [0.25, 0.3) is 0 Å². The van der Waals surface area contributed by atoms with Crippen LogP contribution >= 0.6 is 11.6 Å². The molecule has 0 saturated heterocycles. The largest absolute Gasteiger partial charge is 0.339 e. The first-order chi connectivity index (χ1) is 12.1. The van der Waals surface area contributed by atoms with Gasteiger partial charge in [-0.15, -0.1) is 0 Å². The predicted molar refractivity (Wildman–Crippen MR) is 96.4 cm³/mol. The third-order valence-corrected chi connectivity index (χ3v) is 3.75. The van der Waals surface area contributed by atoms with Gasteiger partial charge in [0.05, 0.1) is 0 Å². The minimum Gasteiger partial charge on any atom is -0.339 e. The van der Waals surface area contributed by atoms with Gasteiger partial charge in [0, 0.05) is 16.9 Å². The van der Waals surface area contributed by atoms with E-state index in [0.29, 0.717) is 10.8 Å². The number of halogens is 2. The van der Waals surface area contributed by atoms with Crippen molar-refractivity contribution in [1.82, 2.24) is 10.2 Å². The van der Waals surface area contributed by atoms with Crippen LogP contribution in [0.5, 0.6) is 0 Å². The van der Waals surface area contributed by atoms with Gasteiger partial charge >= 0.3 is 0 Å². The zero-order valence-corrected chi connectivity index (χ0v) is 14.0. The summed E-state index contributed by atoms with van der Waals surface area (Å²) in [7, 11) is 0. The van der Waals surface area contributed by atoms with Gasteiger partial charge in [0.15, 0.2) is 5.82 Å². The van der Waals surface area contributed by atoms with E-state index in [1.165, 1.54) is 12.1 Å². The van der Waals surface area contributed by atoms with E-state index in [0.717, 1.165) is 16.8 Å². The average molecular weight is 354 g/mol. The third-order valence-electron chi connectivity index (χ3n) is 3.51. The van der Waals surface area contributed by atoms with Crippen molar-refractivity contribution in [2.75, 3.05) is 5.32 Å². The van der Waals surface area contributed by atoms with Crippen LogP contribution in [-0.2, 0) is 0 Å². The van der Waals surface area contributed by atoms with Crippen molar-refractivity contribution in [3.05, 3.63) is 70.0 Å². The maximum absolute atomic E-state index is 13.1. The topological polar surface area (TPSA) is 76.9 Å². The number of nitriles is 1. The van der Waals surface area contributed by atoms with E-state index in [2.05, 4.69) is 26.6 Å². The summed E-state index contributed by atoms with van der Waals surface area (Å²) in [6.07, 6.45) is 1.55. The fourth-order valence-electron chi connectivity index (χ4n) is 2.25. The fourth-order valence-corrected chi connectivity index (χ4v) is 2.44. The summed E-state index contributed by atoms with van der Waals surface area (Å²) >= 11 is 5.95.